The minimum atomic E-state index is -3.97. The Balaban J connectivity index is 2.17. The van der Waals surface area contributed by atoms with E-state index in [1.807, 2.05) is 6.07 Å². The SMILES string of the molecule is CC(=O)Nc1ccc(OS(=O)(=O)c2ccc(C#N)cc2)cc1. The maximum absolute atomic E-state index is 12.1. The molecule has 1 amide bonds. The molecule has 2 aromatic carbocycles. The van der Waals surface area contributed by atoms with E-state index in [1.54, 1.807) is 0 Å². The lowest BCUT2D eigenvalue weighted by Crippen LogP contribution is -2.10. The lowest BCUT2D eigenvalue weighted by atomic mass is 10.2. The monoisotopic (exact) mass is 316 g/mol. The van der Waals surface area contributed by atoms with Crippen LogP contribution in [0.15, 0.2) is 53.4 Å². The second-order valence-electron chi connectivity index (χ2n) is 4.38. The standard InChI is InChI=1S/C15H12N2O4S/c1-11(18)17-13-4-6-14(7-5-13)21-22(19,20)15-8-2-12(10-16)3-9-15/h2-9H,1H3,(H,17,18). The molecule has 0 saturated heterocycles. The number of hydrogen-bond donors (Lipinski definition) is 1. The highest BCUT2D eigenvalue weighted by molar-refractivity contribution is 7.87. The van der Waals surface area contributed by atoms with Gasteiger partial charge in [0, 0.05) is 12.6 Å². The number of benzene rings is 2. The van der Waals surface area contributed by atoms with Crippen molar-refractivity contribution in [3.05, 3.63) is 54.1 Å². The van der Waals surface area contributed by atoms with Crippen molar-refractivity contribution in [2.24, 2.45) is 0 Å². The molecule has 1 N–H and O–H groups in total. The van der Waals surface area contributed by atoms with Crippen molar-refractivity contribution in [2.45, 2.75) is 11.8 Å². The van der Waals surface area contributed by atoms with Gasteiger partial charge in [-0.3, -0.25) is 4.79 Å². The quantitative estimate of drug-likeness (QED) is 0.873. The summed E-state index contributed by atoms with van der Waals surface area (Å²) < 4.78 is 29.2. The molecule has 0 aliphatic carbocycles. The first kappa shape index (κ1) is 15.5. The lowest BCUT2D eigenvalue weighted by molar-refractivity contribution is -0.114. The zero-order valence-corrected chi connectivity index (χ0v) is 12.4. The van der Waals surface area contributed by atoms with E-state index in [2.05, 4.69) is 5.32 Å². The van der Waals surface area contributed by atoms with Crippen molar-refractivity contribution >= 4 is 21.7 Å². The van der Waals surface area contributed by atoms with E-state index in [-0.39, 0.29) is 16.6 Å². The average molecular weight is 316 g/mol. The summed E-state index contributed by atoms with van der Waals surface area (Å²) in [7, 11) is -3.97. The molecule has 6 nitrogen and oxygen atoms in total. The number of carbonyl (C=O) groups excluding carboxylic acids is 1. The average Bonchev–Trinajstić information content (AvgIpc) is 2.48. The molecular formula is C15H12N2O4S. The first-order chi connectivity index (χ1) is 10.4. The largest absolute Gasteiger partial charge is 0.379 e. The van der Waals surface area contributed by atoms with E-state index in [0.717, 1.165) is 0 Å². The number of amides is 1. The maximum atomic E-state index is 12.1. The molecule has 0 fully saturated rings. The zero-order valence-electron chi connectivity index (χ0n) is 11.6. The number of rotatable bonds is 4. The van der Waals surface area contributed by atoms with E-state index >= 15 is 0 Å². The Bertz CT molecular complexity index is 819. The third-order valence-corrected chi connectivity index (χ3v) is 3.91. The number of nitrogens with one attached hydrogen (secondary N) is 1. The number of nitriles is 1. The Hall–Kier alpha value is -2.85. The Morgan fingerprint density at radius 3 is 2.18 bits per heavy atom. The molecule has 112 valence electrons. The van der Waals surface area contributed by atoms with Crippen LogP contribution in [-0.4, -0.2) is 14.3 Å². The van der Waals surface area contributed by atoms with E-state index in [1.165, 1.54) is 55.5 Å². The molecule has 0 aliphatic rings. The molecule has 0 heterocycles. The molecule has 22 heavy (non-hydrogen) atoms. The summed E-state index contributed by atoms with van der Waals surface area (Å²) >= 11 is 0. The fraction of sp³-hybridized carbons (Fsp3) is 0.0667. The van der Waals surface area contributed by atoms with Crippen LogP contribution >= 0.6 is 0 Å². The summed E-state index contributed by atoms with van der Waals surface area (Å²) in [5.41, 5.74) is 0.897. The number of carbonyl (C=O) groups is 1. The second-order valence-corrected chi connectivity index (χ2v) is 5.93. The van der Waals surface area contributed by atoms with Gasteiger partial charge in [0.2, 0.25) is 5.91 Å². The molecule has 2 aromatic rings. The van der Waals surface area contributed by atoms with Gasteiger partial charge in [0.25, 0.3) is 0 Å². The van der Waals surface area contributed by atoms with Crippen molar-refractivity contribution in [1.82, 2.24) is 0 Å². The maximum Gasteiger partial charge on any atom is 0.339 e. The van der Waals surface area contributed by atoms with Crippen LogP contribution in [0.2, 0.25) is 0 Å². The lowest BCUT2D eigenvalue weighted by Gasteiger charge is -2.08. The Morgan fingerprint density at radius 2 is 1.68 bits per heavy atom. The third kappa shape index (κ3) is 3.84. The van der Waals surface area contributed by atoms with Gasteiger partial charge in [0.1, 0.15) is 10.6 Å². The summed E-state index contributed by atoms with van der Waals surface area (Å²) in [6.45, 7) is 1.37. The van der Waals surface area contributed by atoms with E-state index in [0.29, 0.717) is 11.3 Å². The molecule has 0 aliphatic heterocycles. The topological polar surface area (TPSA) is 96.3 Å². The van der Waals surface area contributed by atoms with E-state index in [9.17, 15) is 13.2 Å². The summed E-state index contributed by atoms with van der Waals surface area (Å²) in [5.74, 6) is -0.0997. The fourth-order valence-electron chi connectivity index (χ4n) is 1.67. The van der Waals surface area contributed by atoms with Gasteiger partial charge in [-0.05, 0) is 48.5 Å². The van der Waals surface area contributed by atoms with Crippen LogP contribution in [-0.2, 0) is 14.9 Å². The summed E-state index contributed by atoms with van der Waals surface area (Å²) in [5, 5.41) is 11.3. The molecule has 0 spiro atoms. The van der Waals surface area contributed by atoms with Crippen LogP contribution in [0, 0.1) is 11.3 Å². The van der Waals surface area contributed by atoms with Crippen molar-refractivity contribution in [3.63, 3.8) is 0 Å². The Morgan fingerprint density at radius 1 is 1.09 bits per heavy atom. The van der Waals surface area contributed by atoms with Gasteiger partial charge < -0.3 is 9.50 Å². The van der Waals surface area contributed by atoms with Gasteiger partial charge in [0.05, 0.1) is 11.6 Å². The fourth-order valence-corrected chi connectivity index (χ4v) is 2.60. The van der Waals surface area contributed by atoms with Gasteiger partial charge in [-0.1, -0.05) is 0 Å². The summed E-state index contributed by atoms with van der Waals surface area (Å²) in [4.78, 5) is 10.9. The highest BCUT2D eigenvalue weighted by Gasteiger charge is 2.16. The summed E-state index contributed by atoms with van der Waals surface area (Å²) in [6.07, 6.45) is 0. The summed E-state index contributed by atoms with van der Waals surface area (Å²) in [6, 6.07) is 13.3. The predicted octanol–water partition coefficient (Wildman–Crippen LogP) is 2.28. The van der Waals surface area contributed by atoms with E-state index in [4.69, 9.17) is 9.44 Å². The Labute approximate surface area is 128 Å². The second kappa shape index (κ2) is 6.28. The van der Waals surface area contributed by atoms with Gasteiger partial charge >= 0.3 is 10.1 Å². The minimum Gasteiger partial charge on any atom is -0.379 e. The van der Waals surface area contributed by atoms with Gasteiger partial charge in [0.15, 0.2) is 0 Å². The molecule has 0 atom stereocenters. The van der Waals surface area contributed by atoms with Gasteiger partial charge in [-0.15, -0.1) is 0 Å². The van der Waals surface area contributed by atoms with Crippen molar-refractivity contribution < 1.29 is 17.4 Å². The predicted molar refractivity (Wildman–Crippen MR) is 79.7 cm³/mol. The minimum absolute atomic E-state index is 0.0440. The molecule has 0 unspecified atom stereocenters. The third-order valence-electron chi connectivity index (χ3n) is 2.65. The van der Waals surface area contributed by atoms with Crippen molar-refractivity contribution in [1.29, 1.82) is 5.26 Å². The molecule has 0 aromatic heterocycles. The van der Waals surface area contributed by atoms with Crippen molar-refractivity contribution in [2.75, 3.05) is 5.32 Å². The molecule has 0 saturated carbocycles. The first-order valence-electron chi connectivity index (χ1n) is 6.23. The number of anilines is 1. The first-order valence-corrected chi connectivity index (χ1v) is 7.64. The zero-order chi connectivity index (χ0) is 16.2. The van der Waals surface area contributed by atoms with Crippen molar-refractivity contribution in [3.8, 4) is 11.8 Å². The molecule has 2 rings (SSSR count). The normalized spacial score (nSPS) is 10.5. The van der Waals surface area contributed by atoms with Crippen LogP contribution in [0.4, 0.5) is 5.69 Å². The number of hydrogen-bond acceptors (Lipinski definition) is 5. The van der Waals surface area contributed by atoms with Crippen LogP contribution in [0.5, 0.6) is 5.75 Å². The van der Waals surface area contributed by atoms with Gasteiger partial charge in [-0.2, -0.15) is 13.7 Å². The molecule has 0 radical (unpaired) electrons. The highest BCUT2D eigenvalue weighted by Crippen LogP contribution is 2.21. The van der Waals surface area contributed by atoms with Crippen LogP contribution in [0.1, 0.15) is 12.5 Å². The molecular weight excluding hydrogens is 304 g/mol. The van der Waals surface area contributed by atoms with Crippen LogP contribution in [0.3, 0.4) is 0 Å². The van der Waals surface area contributed by atoms with Crippen LogP contribution < -0.4 is 9.50 Å². The van der Waals surface area contributed by atoms with Gasteiger partial charge in [-0.25, -0.2) is 0 Å². The van der Waals surface area contributed by atoms with Crippen LogP contribution in [0.25, 0.3) is 0 Å². The van der Waals surface area contributed by atoms with E-state index < -0.39 is 10.1 Å². The molecule has 0 bridgehead atoms. The Kier molecular flexibility index (Phi) is 4.44. The molecule has 7 heteroatoms. The number of nitrogens with zero attached hydrogens (tertiary/aromatic N) is 1. The smallest absolute Gasteiger partial charge is 0.339 e. The highest BCUT2D eigenvalue weighted by atomic mass is 32.2.